The summed E-state index contributed by atoms with van der Waals surface area (Å²) in [5.74, 6) is -3.57. The van der Waals surface area contributed by atoms with Gasteiger partial charge in [0.25, 0.3) is 0 Å². The maximum Gasteiger partial charge on any atom is 1.00 e. The average molecular weight is 148 g/mol. The molecule has 1 nitrogen and oxygen atoms in total. The van der Waals surface area contributed by atoms with Crippen LogP contribution in [0.3, 0.4) is 0 Å². The Morgan fingerprint density at radius 3 is 2.00 bits per heavy atom. The summed E-state index contributed by atoms with van der Waals surface area (Å²) in [6.45, 7) is 1.69. The van der Waals surface area contributed by atoms with Crippen LogP contribution in [0.15, 0.2) is 0 Å². The molecule has 0 amide bonds. The van der Waals surface area contributed by atoms with Gasteiger partial charge in [0.05, 0.1) is 0 Å². The molecule has 1 N–H and O–H groups in total. The van der Waals surface area contributed by atoms with Crippen LogP contribution >= 0.6 is 0 Å². The Bertz CT molecular complexity index is 83.5. The maximum atomic E-state index is 11.9. The fourth-order valence-corrected chi connectivity index (χ4v) is 0.325. The first-order chi connectivity index (χ1) is 3.98. The zero-order valence-electron chi connectivity index (χ0n) is 5.78. The van der Waals surface area contributed by atoms with Crippen LogP contribution < -0.4 is 18.9 Å². The van der Waals surface area contributed by atoms with E-state index >= 15 is 0 Å². The number of hydrogen-bond donors (Lipinski definition) is 1. The number of halogens is 3. The normalized spacial score (nSPS) is 14.1. The van der Waals surface area contributed by atoms with Crippen molar-refractivity contribution in [3.05, 3.63) is 6.92 Å². The summed E-state index contributed by atoms with van der Waals surface area (Å²) >= 11 is 0. The minimum atomic E-state index is -3.57. The Balaban J connectivity index is 0. The molecule has 0 rings (SSSR count). The zero-order chi connectivity index (χ0) is 7.49. The van der Waals surface area contributed by atoms with Crippen molar-refractivity contribution >= 4 is 0 Å². The third kappa shape index (κ3) is 5.16. The molecule has 56 valence electrons. The van der Waals surface area contributed by atoms with Crippen molar-refractivity contribution in [2.75, 3.05) is 6.61 Å². The van der Waals surface area contributed by atoms with Gasteiger partial charge in [0.2, 0.25) is 0 Å². The summed E-state index contributed by atoms with van der Waals surface area (Å²) in [7, 11) is 0. The summed E-state index contributed by atoms with van der Waals surface area (Å²) in [4.78, 5) is 0. The van der Waals surface area contributed by atoms with Gasteiger partial charge in [0.1, 0.15) is 6.17 Å². The van der Waals surface area contributed by atoms with E-state index in [-0.39, 0.29) is 18.9 Å². The van der Waals surface area contributed by atoms with E-state index in [9.17, 15) is 13.2 Å². The Morgan fingerprint density at radius 2 is 1.90 bits per heavy atom. The topological polar surface area (TPSA) is 20.2 Å². The number of alkyl halides is 3. The molecule has 5 heteroatoms. The van der Waals surface area contributed by atoms with Crippen LogP contribution in [-0.2, 0) is 0 Å². The van der Waals surface area contributed by atoms with Gasteiger partial charge in [-0.05, 0) is 0 Å². The van der Waals surface area contributed by atoms with Crippen molar-refractivity contribution in [1.29, 1.82) is 0 Å². The molecule has 0 aromatic rings. The van der Waals surface area contributed by atoms with Crippen molar-refractivity contribution in [3.8, 4) is 0 Å². The van der Waals surface area contributed by atoms with Crippen molar-refractivity contribution in [2.24, 2.45) is 0 Å². The summed E-state index contributed by atoms with van der Waals surface area (Å²) in [5.41, 5.74) is 0. The van der Waals surface area contributed by atoms with Gasteiger partial charge in [0, 0.05) is 13.0 Å². The molecule has 0 heterocycles. The Kier molecular flexibility index (Phi) is 6.56. The summed E-state index contributed by atoms with van der Waals surface area (Å²) < 4.78 is 35.3. The van der Waals surface area contributed by atoms with E-state index in [4.69, 9.17) is 5.11 Å². The summed E-state index contributed by atoms with van der Waals surface area (Å²) in [6, 6.07) is 0. The molecule has 0 aliphatic rings. The first kappa shape index (κ1) is 13.0. The van der Waals surface area contributed by atoms with Crippen LogP contribution in [0.2, 0.25) is 0 Å². The first-order valence-electron chi connectivity index (χ1n) is 2.46. The van der Waals surface area contributed by atoms with Gasteiger partial charge in [0.15, 0.2) is 5.92 Å². The molecule has 0 fully saturated rings. The van der Waals surface area contributed by atoms with Crippen molar-refractivity contribution in [2.45, 2.75) is 18.5 Å². The van der Waals surface area contributed by atoms with E-state index in [2.05, 4.69) is 6.92 Å². The molecule has 1 unspecified atom stereocenters. The van der Waals surface area contributed by atoms with Crippen LogP contribution in [0.4, 0.5) is 13.2 Å². The fourth-order valence-electron chi connectivity index (χ4n) is 0.325. The number of aliphatic hydroxyl groups is 1. The second-order valence-electron chi connectivity index (χ2n) is 1.74. The van der Waals surface area contributed by atoms with Crippen molar-refractivity contribution in [3.63, 3.8) is 0 Å². The van der Waals surface area contributed by atoms with E-state index in [1.165, 1.54) is 0 Å². The second-order valence-corrected chi connectivity index (χ2v) is 1.74. The van der Waals surface area contributed by atoms with Crippen LogP contribution in [0.5, 0.6) is 0 Å². The largest absolute Gasteiger partial charge is 1.00 e. The molecule has 0 aliphatic heterocycles. The molecule has 0 spiro atoms. The summed E-state index contributed by atoms with van der Waals surface area (Å²) in [6.07, 6.45) is -2.89. The standard InChI is InChI=1S/C5H8F3O.Li/c1-5(7,8)4(6)2-3-9;/h4,9H,1-3H2;/q-1;+1. The van der Waals surface area contributed by atoms with Gasteiger partial charge in [-0.1, -0.05) is 0 Å². The molecule has 0 aromatic heterocycles. The van der Waals surface area contributed by atoms with Crippen molar-refractivity contribution < 1.29 is 37.1 Å². The number of hydrogen-bond acceptors (Lipinski definition) is 1. The molecule has 0 radical (unpaired) electrons. The van der Waals surface area contributed by atoms with Gasteiger partial charge < -0.3 is 5.11 Å². The second kappa shape index (κ2) is 5.06. The molecular weight excluding hydrogens is 140 g/mol. The van der Waals surface area contributed by atoms with Gasteiger partial charge in [-0.3, -0.25) is 6.92 Å². The van der Waals surface area contributed by atoms with E-state index < -0.39 is 25.1 Å². The Morgan fingerprint density at radius 1 is 1.50 bits per heavy atom. The number of aliphatic hydroxyl groups excluding tert-OH is 1. The van der Waals surface area contributed by atoms with E-state index in [1.54, 1.807) is 0 Å². The zero-order valence-corrected chi connectivity index (χ0v) is 5.78. The third-order valence-electron chi connectivity index (χ3n) is 0.841. The van der Waals surface area contributed by atoms with Crippen LogP contribution in [-0.4, -0.2) is 23.8 Å². The molecule has 1 atom stereocenters. The minimum Gasteiger partial charge on any atom is -0.396 e. The SMILES string of the molecule is [CH2-]C(F)(F)C(F)CCO.[Li+]. The molecule has 0 saturated heterocycles. The molecule has 0 bridgehead atoms. The summed E-state index contributed by atoms with van der Waals surface area (Å²) in [5, 5.41) is 8.00. The minimum absolute atomic E-state index is 0. The third-order valence-corrected chi connectivity index (χ3v) is 0.841. The van der Waals surface area contributed by atoms with Crippen LogP contribution in [0.1, 0.15) is 6.42 Å². The van der Waals surface area contributed by atoms with Gasteiger partial charge in [-0.2, -0.15) is 0 Å². The Hall–Kier alpha value is 0.347. The maximum absolute atomic E-state index is 11.9. The Labute approximate surface area is 69.8 Å². The van der Waals surface area contributed by atoms with Gasteiger partial charge >= 0.3 is 18.9 Å². The monoisotopic (exact) mass is 148 g/mol. The molecule has 0 aliphatic carbocycles. The van der Waals surface area contributed by atoms with Gasteiger partial charge in [-0.15, -0.1) is 0 Å². The average Bonchev–Trinajstić information content (AvgIpc) is 1.64. The van der Waals surface area contributed by atoms with Crippen molar-refractivity contribution in [1.82, 2.24) is 0 Å². The van der Waals surface area contributed by atoms with Crippen LogP contribution in [0.25, 0.3) is 0 Å². The van der Waals surface area contributed by atoms with Crippen LogP contribution in [0, 0.1) is 6.92 Å². The molecule has 0 saturated carbocycles. The van der Waals surface area contributed by atoms with E-state index in [1.807, 2.05) is 0 Å². The van der Waals surface area contributed by atoms with E-state index in [0.717, 1.165) is 0 Å². The smallest absolute Gasteiger partial charge is 0.396 e. The fraction of sp³-hybridized carbons (Fsp3) is 0.800. The van der Waals surface area contributed by atoms with Gasteiger partial charge in [-0.25, -0.2) is 13.2 Å². The number of rotatable bonds is 3. The molecule has 10 heavy (non-hydrogen) atoms. The first-order valence-corrected chi connectivity index (χ1v) is 2.46. The predicted octanol–water partition coefficient (Wildman–Crippen LogP) is -1.82. The quantitative estimate of drug-likeness (QED) is 0.369. The van der Waals surface area contributed by atoms with E-state index in [0.29, 0.717) is 0 Å². The molecular formula is C5H8F3LiO. The predicted molar refractivity (Wildman–Crippen MR) is 26.9 cm³/mol. The molecule has 0 aromatic carbocycles.